The molecule has 1 heterocycles. The third-order valence-corrected chi connectivity index (χ3v) is 5.92. The molecular formula is C27H27F3O2. The summed E-state index contributed by atoms with van der Waals surface area (Å²) in [5, 5.41) is 0. The van der Waals surface area contributed by atoms with Crippen LogP contribution in [0.4, 0.5) is 13.2 Å². The van der Waals surface area contributed by atoms with Gasteiger partial charge in [0.1, 0.15) is 11.6 Å². The van der Waals surface area contributed by atoms with Crippen molar-refractivity contribution in [1.29, 1.82) is 0 Å². The molecule has 1 fully saturated rings. The van der Waals surface area contributed by atoms with E-state index in [4.69, 9.17) is 9.47 Å². The van der Waals surface area contributed by atoms with E-state index < -0.39 is 17.8 Å². The molecule has 0 radical (unpaired) electrons. The Morgan fingerprint density at radius 2 is 1.44 bits per heavy atom. The van der Waals surface area contributed by atoms with Crippen LogP contribution in [0.25, 0.3) is 22.3 Å². The van der Waals surface area contributed by atoms with Crippen molar-refractivity contribution in [2.24, 2.45) is 0 Å². The SMILES string of the molecule is CCCC1(F)COC(c2ccc(-c3ccc(-c4ccc(CC)c(F)c4)c(F)c3)cc2)OC1. The number of hydrogen-bond acceptors (Lipinski definition) is 2. The minimum Gasteiger partial charge on any atom is -0.345 e. The quantitative estimate of drug-likeness (QED) is 0.397. The van der Waals surface area contributed by atoms with E-state index in [-0.39, 0.29) is 19.0 Å². The minimum atomic E-state index is -1.43. The summed E-state index contributed by atoms with van der Waals surface area (Å²) in [6.07, 6.45) is 1.13. The van der Waals surface area contributed by atoms with Crippen LogP contribution < -0.4 is 0 Å². The molecule has 5 heteroatoms. The number of ether oxygens (including phenoxy) is 2. The standard InChI is InChI=1S/C27H27F3O2/c1-3-13-27(30)16-31-26(32-17-27)20-8-6-19(7-9-20)21-11-12-23(25(29)14-21)22-10-5-18(4-2)24(28)15-22/h5-12,14-15,26H,3-4,13,16-17H2,1-2H3. The second kappa shape index (κ2) is 9.47. The van der Waals surface area contributed by atoms with Gasteiger partial charge in [-0.2, -0.15) is 0 Å². The van der Waals surface area contributed by atoms with Gasteiger partial charge in [0.2, 0.25) is 0 Å². The average molecular weight is 441 g/mol. The molecule has 0 spiro atoms. The highest BCUT2D eigenvalue weighted by Gasteiger charge is 2.36. The van der Waals surface area contributed by atoms with E-state index in [0.29, 0.717) is 35.1 Å². The monoisotopic (exact) mass is 440 g/mol. The van der Waals surface area contributed by atoms with Crippen LogP contribution in [0.15, 0.2) is 60.7 Å². The van der Waals surface area contributed by atoms with Crippen molar-refractivity contribution in [2.45, 2.75) is 45.1 Å². The van der Waals surface area contributed by atoms with E-state index in [9.17, 15) is 13.2 Å². The highest BCUT2D eigenvalue weighted by Crippen LogP contribution is 2.33. The number of aryl methyl sites for hydroxylation is 1. The topological polar surface area (TPSA) is 18.5 Å². The molecule has 3 aromatic rings. The lowest BCUT2D eigenvalue weighted by Gasteiger charge is -2.34. The van der Waals surface area contributed by atoms with Crippen LogP contribution in [0.3, 0.4) is 0 Å². The Morgan fingerprint density at radius 3 is 2.03 bits per heavy atom. The van der Waals surface area contributed by atoms with Crippen LogP contribution in [-0.4, -0.2) is 18.9 Å². The molecule has 0 unspecified atom stereocenters. The maximum absolute atomic E-state index is 14.8. The minimum absolute atomic E-state index is 0.0137. The molecule has 0 saturated carbocycles. The van der Waals surface area contributed by atoms with E-state index >= 15 is 0 Å². The van der Waals surface area contributed by atoms with Crippen LogP contribution in [-0.2, 0) is 15.9 Å². The normalized spacial score (nSPS) is 21.0. The van der Waals surface area contributed by atoms with Crippen molar-refractivity contribution < 1.29 is 22.6 Å². The van der Waals surface area contributed by atoms with Crippen molar-refractivity contribution in [3.05, 3.63) is 83.4 Å². The van der Waals surface area contributed by atoms with Crippen molar-refractivity contribution in [3.63, 3.8) is 0 Å². The molecule has 32 heavy (non-hydrogen) atoms. The first-order valence-corrected chi connectivity index (χ1v) is 11.0. The fourth-order valence-corrected chi connectivity index (χ4v) is 4.09. The molecule has 0 atom stereocenters. The van der Waals surface area contributed by atoms with E-state index in [1.807, 2.05) is 44.2 Å². The Bertz CT molecular complexity index is 1070. The molecule has 1 aliphatic heterocycles. The Labute approximate surface area is 187 Å². The van der Waals surface area contributed by atoms with E-state index in [0.717, 1.165) is 17.5 Å². The number of rotatable bonds is 6. The van der Waals surface area contributed by atoms with Crippen molar-refractivity contribution >= 4 is 0 Å². The van der Waals surface area contributed by atoms with Gasteiger partial charge in [-0.3, -0.25) is 0 Å². The summed E-state index contributed by atoms with van der Waals surface area (Å²) in [6.45, 7) is 3.84. The summed E-state index contributed by atoms with van der Waals surface area (Å²) in [5.41, 5.74) is 2.38. The Kier molecular flexibility index (Phi) is 6.68. The van der Waals surface area contributed by atoms with Gasteiger partial charge < -0.3 is 9.47 Å². The number of halogens is 3. The van der Waals surface area contributed by atoms with Crippen molar-refractivity contribution in [1.82, 2.24) is 0 Å². The molecule has 168 valence electrons. The first-order chi connectivity index (χ1) is 15.4. The van der Waals surface area contributed by atoms with Crippen LogP contribution in [0.2, 0.25) is 0 Å². The van der Waals surface area contributed by atoms with Gasteiger partial charge >= 0.3 is 0 Å². The van der Waals surface area contributed by atoms with Gasteiger partial charge in [0.25, 0.3) is 0 Å². The predicted molar refractivity (Wildman–Crippen MR) is 120 cm³/mol. The lowest BCUT2D eigenvalue weighted by Crippen LogP contribution is -2.41. The first kappa shape index (κ1) is 22.6. The van der Waals surface area contributed by atoms with Gasteiger partial charge in [-0.1, -0.05) is 68.8 Å². The summed E-state index contributed by atoms with van der Waals surface area (Å²) >= 11 is 0. The fourth-order valence-electron chi connectivity index (χ4n) is 4.09. The molecule has 4 rings (SSSR count). The Hall–Kier alpha value is -2.63. The summed E-state index contributed by atoms with van der Waals surface area (Å²) in [6, 6.07) is 17.1. The van der Waals surface area contributed by atoms with Gasteiger partial charge in [-0.15, -0.1) is 0 Å². The number of hydrogen-bond donors (Lipinski definition) is 0. The van der Waals surface area contributed by atoms with Crippen LogP contribution in [0, 0.1) is 11.6 Å². The lowest BCUT2D eigenvalue weighted by molar-refractivity contribution is -0.238. The van der Waals surface area contributed by atoms with E-state index in [2.05, 4.69) is 0 Å². The maximum Gasteiger partial charge on any atom is 0.184 e. The Morgan fingerprint density at radius 1 is 0.812 bits per heavy atom. The molecule has 0 aliphatic carbocycles. The number of benzene rings is 3. The Balaban J connectivity index is 1.49. The van der Waals surface area contributed by atoms with E-state index in [1.165, 1.54) is 12.1 Å². The van der Waals surface area contributed by atoms with Crippen molar-refractivity contribution in [2.75, 3.05) is 13.2 Å². The maximum atomic E-state index is 14.8. The van der Waals surface area contributed by atoms with Crippen LogP contribution in [0.5, 0.6) is 0 Å². The zero-order valence-corrected chi connectivity index (χ0v) is 18.3. The van der Waals surface area contributed by atoms with Crippen LogP contribution >= 0.6 is 0 Å². The summed E-state index contributed by atoms with van der Waals surface area (Å²) in [5.74, 6) is -0.736. The highest BCUT2D eigenvalue weighted by molar-refractivity contribution is 5.71. The average Bonchev–Trinajstić information content (AvgIpc) is 2.80. The molecule has 0 N–H and O–H groups in total. The molecule has 3 aromatic carbocycles. The van der Waals surface area contributed by atoms with E-state index in [1.54, 1.807) is 18.2 Å². The third kappa shape index (κ3) is 4.74. The zero-order chi connectivity index (χ0) is 22.7. The third-order valence-electron chi connectivity index (χ3n) is 5.92. The predicted octanol–water partition coefficient (Wildman–Crippen LogP) is 7.42. The lowest BCUT2D eigenvalue weighted by atomic mass is 9.97. The van der Waals surface area contributed by atoms with Crippen molar-refractivity contribution in [3.8, 4) is 22.3 Å². The first-order valence-electron chi connectivity index (χ1n) is 11.0. The van der Waals surface area contributed by atoms with Gasteiger partial charge in [0.05, 0.1) is 13.2 Å². The summed E-state index contributed by atoms with van der Waals surface area (Å²) < 4.78 is 54.7. The molecule has 0 aromatic heterocycles. The molecule has 1 saturated heterocycles. The zero-order valence-electron chi connectivity index (χ0n) is 18.3. The second-order valence-corrected chi connectivity index (χ2v) is 8.33. The molecule has 1 aliphatic rings. The van der Waals surface area contributed by atoms with Gasteiger partial charge in [0, 0.05) is 11.1 Å². The fraction of sp³-hybridized carbons (Fsp3) is 0.333. The second-order valence-electron chi connectivity index (χ2n) is 8.33. The largest absolute Gasteiger partial charge is 0.345 e. The summed E-state index contributed by atoms with van der Waals surface area (Å²) in [4.78, 5) is 0. The molecule has 0 amide bonds. The van der Waals surface area contributed by atoms with Gasteiger partial charge in [0.15, 0.2) is 12.0 Å². The highest BCUT2D eigenvalue weighted by atomic mass is 19.1. The van der Waals surface area contributed by atoms with Gasteiger partial charge in [-0.25, -0.2) is 13.2 Å². The van der Waals surface area contributed by atoms with Gasteiger partial charge in [-0.05, 0) is 47.2 Å². The molecule has 0 bridgehead atoms. The molecular weight excluding hydrogens is 413 g/mol. The molecule has 2 nitrogen and oxygen atoms in total. The van der Waals surface area contributed by atoms with Crippen LogP contribution in [0.1, 0.15) is 44.1 Å². The smallest absolute Gasteiger partial charge is 0.184 e. The summed E-state index contributed by atoms with van der Waals surface area (Å²) in [7, 11) is 0. The number of alkyl halides is 1.